The summed E-state index contributed by atoms with van der Waals surface area (Å²) in [5, 5.41) is 0. The Morgan fingerprint density at radius 1 is 1.12 bits per heavy atom. The van der Waals surface area contributed by atoms with Crippen molar-refractivity contribution in [1.29, 1.82) is 0 Å². The minimum Gasteiger partial charge on any atom is -0.376 e. The molecule has 96 valence electrons. The van der Waals surface area contributed by atoms with Gasteiger partial charge < -0.3 is 4.74 Å². The molecular formula is C14H29NO. The summed E-state index contributed by atoms with van der Waals surface area (Å²) in [4.78, 5) is 2.65. The second-order valence-corrected chi connectivity index (χ2v) is 6.18. The fourth-order valence-electron chi connectivity index (χ4n) is 2.54. The van der Waals surface area contributed by atoms with E-state index in [0.717, 1.165) is 25.1 Å². The number of rotatable bonds is 4. The molecule has 2 nitrogen and oxygen atoms in total. The van der Waals surface area contributed by atoms with E-state index in [1.54, 1.807) is 0 Å². The van der Waals surface area contributed by atoms with Crippen LogP contribution in [0.25, 0.3) is 0 Å². The zero-order valence-electron chi connectivity index (χ0n) is 11.8. The van der Waals surface area contributed by atoms with Crippen LogP contribution in [0.1, 0.15) is 60.3 Å². The summed E-state index contributed by atoms with van der Waals surface area (Å²) in [5.41, 5.74) is 0.0130. The zero-order chi connectivity index (χ0) is 12.2. The zero-order valence-corrected chi connectivity index (χ0v) is 11.8. The van der Waals surface area contributed by atoms with Crippen LogP contribution in [0, 0.1) is 0 Å². The van der Waals surface area contributed by atoms with E-state index >= 15 is 0 Å². The molecule has 2 heteroatoms. The molecule has 0 bridgehead atoms. The summed E-state index contributed by atoms with van der Waals surface area (Å²) in [6.45, 7) is 13.2. The predicted molar refractivity (Wildman–Crippen MR) is 69.8 cm³/mol. The second kappa shape index (κ2) is 6.02. The van der Waals surface area contributed by atoms with Crippen molar-refractivity contribution in [3.05, 3.63) is 0 Å². The Kier molecular flexibility index (Phi) is 5.26. The molecule has 1 rings (SSSR count). The fraction of sp³-hybridized carbons (Fsp3) is 1.00. The Balaban J connectivity index is 2.20. The maximum absolute atomic E-state index is 5.76. The molecule has 1 aliphatic rings. The summed E-state index contributed by atoms with van der Waals surface area (Å²) >= 11 is 0. The summed E-state index contributed by atoms with van der Waals surface area (Å²) in [6.07, 6.45) is 5.29. The second-order valence-electron chi connectivity index (χ2n) is 6.18. The molecule has 0 N–H and O–H groups in total. The monoisotopic (exact) mass is 227 g/mol. The topological polar surface area (TPSA) is 12.5 Å². The smallest absolute Gasteiger partial charge is 0.0598 e. The molecule has 2 atom stereocenters. The maximum atomic E-state index is 5.76. The van der Waals surface area contributed by atoms with E-state index < -0.39 is 0 Å². The minimum absolute atomic E-state index is 0.0130. The molecule has 0 aromatic heterocycles. The number of hydrogen-bond acceptors (Lipinski definition) is 2. The molecule has 1 aliphatic heterocycles. The quantitative estimate of drug-likeness (QED) is 0.682. The summed E-state index contributed by atoms with van der Waals surface area (Å²) in [6, 6.07) is 1.52. The molecule has 0 spiro atoms. The first kappa shape index (κ1) is 14.0. The van der Waals surface area contributed by atoms with Crippen LogP contribution in [-0.2, 0) is 4.74 Å². The number of ether oxygens (including phenoxy) is 1. The van der Waals surface area contributed by atoms with Crippen molar-refractivity contribution < 1.29 is 4.74 Å². The van der Waals surface area contributed by atoms with Gasteiger partial charge in [0, 0.05) is 25.2 Å². The fourth-order valence-corrected chi connectivity index (χ4v) is 2.54. The van der Waals surface area contributed by atoms with E-state index in [0.29, 0.717) is 0 Å². The molecule has 0 aromatic rings. The van der Waals surface area contributed by atoms with E-state index in [4.69, 9.17) is 4.74 Å². The maximum Gasteiger partial charge on any atom is 0.0598 e. The number of nitrogens with zero attached hydrogens (tertiary/aromatic N) is 1. The van der Waals surface area contributed by atoms with Gasteiger partial charge in [0.15, 0.2) is 0 Å². The van der Waals surface area contributed by atoms with E-state index in [1.807, 2.05) is 0 Å². The SMILES string of the molecule is C[C@H]1CCC[C@H](C)N1CCCOC(C)(C)C. The minimum atomic E-state index is 0.0130. The normalized spacial score (nSPS) is 28.3. The highest BCUT2D eigenvalue weighted by atomic mass is 16.5. The van der Waals surface area contributed by atoms with Gasteiger partial charge in [-0.2, -0.15) is 0 Å². The van der Waals surface area contributed by atoms with Crippen LogP contribution in [0.5, 0.6) is 0 Å². The highest BCUT2D eigenvalue weighted by Gasteiger charge is 2.23. The number of hydrogen-bond donors (Lipinski definition) is 0. The molecule has 0 aliphatic carbocycles. The van der Waals surface area contributed by atoms with Crippen molar-refractivity contribution in [1.82, 2.24) is 4.90 Å². The standard InChI is InChI=1S/C14H29NO/c1-12-8-6-9-13(2)15(12)10-7-11-16-14(3,4)5/h12-13H,6-11H2,1-5H3/t12-,13-/m0/s1. The van der Waals surface area contributed by atoms with Crippen LogP contribution in [0.15, 0.2) is 0 Å². The van der Waals surface area contributed by atoms with Crippen molar-refractivity contribution in [2.75, 3.05) is 13.2 Å². The average molecular weight is 227 g/mol. The third-order valence-electron chi connectivity index (χ3n) is 3.47. The van der Waals surface area contributed by atoms with Crippen LogP contribution in [0.3, 0.4) is 0 Å². The Bertz CT molecular complexity index is 187. The highest BCUT2D eigenvalue weighted by Crippen LogP contribution is 2.22. The Labute approximate surface area is 101 Å². The van der Waals surface area contributed by atoms with Crippen molar-refractivity contribution in [3.8, 4) is 0 Å². The highest BCUT2D eigenvalue weighted by molar-refractivity contribution is 4.79. The summed E-state index contributed by atoms with van der Waals surface area (Å²) in [7, 11) is 0. The molecule has 1 fully saturated rings. The summed E-state index contributed by atoms with van der Waals surface area (Å²) in [5.74, 6) is 0. The van der Waals surface area contributed by atoms with Gasteiger partial charge in [0.2, 0.25) is 0 Å². The molecule has 1 heterocycles. The van der Waals surface area contributed by atoms with Gasteiger partial charge in [-0.3, -0.25) is 4.90 Å². The van der Waals surface area contributed by atoms with E-state index in [9.17, 15) is 0 Å². The van der Waals surface area contributed by atoms with Gasteiger partial charge in [-0.05, 0) is 53.9 Å². The van der Waals surface area contributed by atoms with E-state index in [1.165, 1.54) is 25.8 Å². The van der Waals surface area contributed by atoms with Crippen molar-refractivity contribution in [2.45, 2.75) is 78.0 Å². The van der Waals surface area contributed by atoms with Gasteiger partial charge in [0.1, 0.15) is 0 Å². The van der Waals surface area contributed by atoms with Gasteiger partial charge in [0.25, 0.3) is 0 Å². The lowest BCUT2D eigenvalue weighted by Crippen LogP contribution is -2.44. The van der Waals surface area contributed by atoms with Crippen molar-refractivity contribution in [3.63, 3.8) is 0 Å². The van der Waals surface area contributed by atoms with Crippen LogP contribution in [0.2, 0.25) is 0 Å². The number of piperidine rings is 1. The third kappa shape index (κ3) is 4.84. The molecule has 0 saturated carbocycles. The summed E-state index contributed by atoms with van der Waals surface area (Å²) < 4.78 is 5.76. The molecule has 0 radical (unpaired) electrons. The average Bonchev–Trinajstić information content (AvgIpc) is 2.14. The lowest BCUT2D eigenvalue weighted by Gasteiger charge is -2.39. The largest absolute Gasteiger partial charge is 0.376 e. The molecule has 0 unspecified atom stereocenters. The van der Waals surface area contributed by atoms with E-state index in [2.05, 4.69) is 39.5 Å². The van der Waals surface area contributed by atoms with Crippen LogP contribution in [0.4, 0.5) is 0 Å². The molecule has 1 saturated heterocycles. The molecule has 0 aromatic carbocycles. The first-order chi connectivity index (χ1) is 7.40. The van der Waals surface area contributed by atoms with Gasteiger partial charge in [-0.1, -0.05) is 6.42 Å². The van der Waals surface area contributed by atoms with Gasteiger partial charge >= 0.3 is 0 Å². The predicted octanol–water partition coefficient (Wildman–Crippen LogP) is 3.45. The molecule has 0 amide bonds. The lowest BCUT2D eigenvalue weighted by atomic mass is 9.97. The van der Waals surface area contributed by atoms with Gasteiger partial charge in [-0.15, -0.1) is 0 Å². The lowest BCUT2D eigenvalue weighted by molar-refractivity contribution is -0.0115. The first-order valence-electron chi connectivity index (χ1n) is 6.80. The van der Waals surface area contributed by atoms with E-state index in [-0.39, 0.29) is 5.60 Å². The van der Waals surface area contributed by atoms with Crippen LogP contribution < -0.4 is 0 Å². The number of likely N-dealkylation sites (tertiary alicyclic amines) is 1. The molecular weight excluding hydrogens is 198 g/mol. The van der Waals surface area contributed by atoms with Gasteiger partial charge in [0.05, 0.1) is 5.60 Å². The van der Waals surface area contributed by atoms with Crippen LogP contribution in [-0.4, -0.2) is 35.7 Å². The van der Waals surface area contributed by atoms with Crippen molar-refractivity contribution >= 4 is 0 Å². The Morgan fingerprint density at radius 2 is 1.69 bits per heavy atom. The molecule has 16 heavy (non-hydrogen) atoms. The van der Waals surface area contributed by atoms with Crippen molar-refractivity contribution in [2.24, 2.45) is 0 Å². The Morgan fingerprint density at radius 3 is 2.19 bits per heavy atom. The Hall–Kier alpha value is -0.0800. The van der Waals surface area contributed by atoms with Crippen LogP contribution >= 0.6 is 0 Å². The first-order valence-corrected chi connectivity index (χ1v) is 6.80. The van der Waals surface area contributed by atoms with Gasteiger partial charge in [-0.25, -0.2) is 0 Å². The third-order valence-corrected chi connectivity index (χ3v) is 3.47.